The molecule has 30 heavy (non-hydrogen) atoms. The molecule has 0 unspecified atom stereocenters. The highest BCUT2D eigenvalue weighted by atomic mass is 16.5. The third-order valence-electron chi connectivity index (χ3n) is 7.85. The fourth-order valence-corrected chi connectivity index (χ4v) is 6.47. The normalized spacial score (nSPS) is 35.0. The van der Waals surface area contributed by atoms with E-state index in [2.05, 4.69) is 23.4 Å². The number of benzene rings is 2. The van der Waals surface area contributed by atoms with Crippen LogP contribution in [0.1, 0.15) is 30.4 Å². The van der Waals surface area contributed by atoms with Gasteiger partial charge in [0, 0.05) is 11.6 Å². The predicted molar refractivity (Wildman–Crippen MR) is 116 cm³/mol. The van der Waals surface area contributed by atoms with Gasteiger partial charge in [-0.1, -0.05) is 24.3 Å². The molecule has 2 aromatic rings. The maximum absolute atomic E-state index is 12.2. The number of rotatable bonds is 3. The highest BCUT2D eigenvalue weighted by Gasteiger charge is 2.72. The summed E-state index contributed by atoms with van der Waals surface area (Å²) in [6, 6.07) is 14.2. The second kappa shape index (κ2) is 6.22. The number of anilines is 1. The zero-order valence-electron chi connectivity index (χ0n) is 17.4. The number of hydrazone groups is 1. The van der Waals surface area contributed by atoms with Crippen molar-refractivity contribution in [3.05, 3.63) is 53.6 Å². The summed E-state index contributed by atoms with van der Waals surface area (Å²) in [4.78, 5) is 2.33. The van der Waals surface area contributed by atoms with Crippen LogP contribution in [0, 0.1) is 0 Å². The minimum atomic E-state index is -0.832. The second-order valence-corrected chi connectivity index (χ2v) is 9.06. The Hall–Kier alpha value is -2.57. The first-order chi connectivity index (χ1) is 14.6. The Morgan fingerprint density at radius 2 is 2.03 bits per heavy atom. The lowest BCUT2D eigenvalue weighted by Gasteiger charge is -2.62. The number of piperidine rings is 1. The van der Waals surface area contributed by atoms with E-state index in [0.29, 0.717) is 12.8 Å². The second-order valence-electron chi connectivity index (χ2n) is 9.06. The number of likely N-dealkylation sites (N-methyl/N-ethyl adjacent to an activating group) is 1. The number of hydrogen-bond donors (Lipinski definition) is 2. The number of likely N-dealkylation sites (tertiary alicyclic amines) is 1. The first-order valence-corrected chi connectivity index (χ1v) is 10.8. The van der Waals surface area contributed by atoms with Gasteiger partial charge in [-0.2, -0.15) is 5.10 Å². The van der Waals surface area contributed by atoms with Crippen molar-refractivity contribution in [3.63, 3.8) is 0 Å². The molecule has 2 aliphatic heterocycles. The van der Waals surface area contributed by atoms with E-state index in [1.54, 1.807) is 7.11 Å². The van der Waals surface area contributed by atoms with Crippen LogP contribution in [0.4, 0.5) is 5.69 Å². The summed E-state index contributed by atoms with van der Waals surface area (Å²) in [5.74, 6) is 1.54. The maximum atomic E-state index is 12.2. The molecule has 2 aromatic carbocycles. The Kier molecular flexibility index (Phi) is 3.78. The van der Waals surface area contributed by atoms with Gasteiger partial charge in [-0.3, -0.25) is 5.43 Å². The average Bonchev–Trinajstić information content (AvgIpc) is 3.12. The van der Waals surface area contributed by atoms with E-state index < -0.39 is 11.0 Å². The minimum absolute atomic E-state index is 0.0906. The van der Waals surface area contributed by atoms with Crippen LogP contribution in [0.25, 0.3) is 0 Å². The van der Waals surface area contributed by atoms with Crippen molar-refractivity contribution in [2.45, 2.75) is 48.8 Å². The largest absolute Gasteiger partial charge is 0.493 e. The SMILES string of the molecule is COc1ccc2c3c1O[C@H]1C(=NNc4ccccc4)CC[C@@]4(O)[C@@H](C2)N(C)CC[C@]314. The van der Waals surface area contributed by atoms with E-state index >= 15 is 0 Å². The first kappa shape index (κ1) is 18.2. The lowest BCUT2D eigenvalue weighted by atomic mass is 9.49. The van der Waals surface area contributed by atoms with Gasteiger partial charge in [0.1, 0.15) is 0 Å². The van der Waals surface area contributed by atoms with E-state index in [1.807, 2.05) is 36.4 Å². The molecule has 2 heterocycles. The molecule has 156 valence electrons. The Morgan fingerprint density at radius 1 is 1.20 bits per heavy atom. The van der Waals surface area contributed by atoms with E-state index in [1.165, 1.54) is 5.56 Å². The van der Waals surface area contributed by atoms with Crippen molar-refractivity contribution in [2.24, 2.45) is 5.10 Å². The quantitative estimate of drug-likeness (QED) is 0.769. The van der Waals surface area contributed by atoms with Gasteiger partial charge in [0.25, 0.3) is 0 Å². The van der Waals surface area contributed by atoms with Gasteiger partial charge in [-0.25, -0.2) is 0 Å². The number of hydrogen-bond acceptors (Lipinski definition) is 6. The molecule has 6 heteroatoms. The fraction of sp³-hybridized carbons (Fsp3) is 0.458. The van der Waals surface area contributed by atoms with Crippen molar-refractivity contribution in [3.8, 4) is 11.5 Å². The Labute approximate surface area is 176 Å². The molecule has 0 aromatic heterocycles. The number of methoxy groups -OCH3 is 1. The smallest absolute Gasteiger partial charge is 0.166 e. The topological polar surface area (TPSA) is 66.3 Å². The van der Waals surface area contributed by atoms with Crippen LogP contribution < -0.4 is 14.9 Å². The van der Waals surface area contributed by atoms with E-state index in [-0.39, 0.29) is 12.1 Å². The summed E-state index contributed by atoms with van der Waals surface area (Å²) in [6.45, 7) is 0.933. The van der Waals surface area contributed by atoms with Crippen molar-refractivity contribution in [1.29, 1.82) is 0 Å². The van der Waals surface area contributed by atoms with Crippen LogP contribution in [-0.4, -0.2) is 54.2 Å². The van der Waals surface area contributed by atoms with Crippen LogP contribution in [0.3, 0.4) is 0 Å². The van der Waals surface area contributed by atoms with Gasteiger partial charge < -0.3 is 19.5 Å². The van der Waals surface area contributed by atoms with Crippen LogP contribution >= 0.6 is 0 Å². The molecular formula is C24H27N3O3. The fourth-order valence-electron chi connectivity index (χ4n) is 6.47. The van der Waals surface area contributed by atoms with Crippen molar-refractivity contribution in [2.75, 3.05) is 26.1 Å². The van der Waals surface area contributed by atoms with Gasteiger partial charge in [0.15, 0.2) is 17.6 Å². The summed E-state index contributed by atoms with van der Waals surface area (Å²) >= 11 is 0. The van der Waals surface area contributed by atoms with E-state index in [0.717, 1.165) is 47.8 Å². The zero-order chi connectivity index (χ0) is 20.5. The van der Waals surface area contributed by atoms with Gasteiger partial charge in [-0.15, -0.1) is 0 Å². The highest BCUT2D eigenvalue weighted by Crippen LogP contribution is 2.64. The molecule has 2 fully saturated rings. The number of para-hydroxylation sites is 1. The molecule has 2 aliphatic carbocycles. The molecule has 4 aliphatic rings. The van der Waals surface area contributed by atoms with Gasteiger partial charge in [-0.05, 0) is 63.0 Å². The molecule has 2 N–H and O–H groups in total. The molecule has 0 radical (unpaired) electrons. The maximum Gasteiger partial charge on any atom is 0.166 e. The monoisotopic (exact) mass is 405 g/mol. The zero-order valence-corrected chi connectivity index (χ0v) is 17.4. The van der Waals surface area contributed by atoms with E-state index in [4.69, 9.17) is 14.6 Å². The summed E-state index contributed by atoms with van der Waals surface area (Å²) in [7, 11) is 3.82. The molecule has 2 bridgehead atoms. The van der Waals surface area contributed by atoms with Crippen LogP contribution in [0.5, 0.6) is 11.5 Å². The van der Waals surface area contributed by atoms with Crippen LogP contribution in [0.15, 0.2) is 47.6 Å². The summed E-state index contributed by atoms with van der Waals surface area (Å²) < 4.78 is 12.3. The Balaban J connectivity index is 1.51. The molecule has 4 atom stereocenters. The van der Waals surface area contributed by atoms with Gasteiger partial charge >= 0.3 is 0 Å². The third-order valence-corrected chi connectivity index (χ3v) is 7.85. The Bertz CT molecular complexity index is 1040. The lowest BCUT2D eigenvalue weighted by molar-refractivity contribution is -0.160. The minimum Gasteiger partial charge on any atom is -0.493 e. The number of nitrogens with zero attached hydrogens (tertiary/aromatic N) is 2. The number of ether oxygens (including phenoxy) is 2. The van der Waals surface area contributed by atoms with Crippen molar-refractivity contribution < 1.29 is 14.6 Å². The highest BCUT2D eigenvalue weighted by molar-refractivity contribution is 5.95. The third kappa shape index (κ3) is 2.13. The molecule has 6 nitrogen and oxygen atoms in total. The molecule has 6 rings (SSSR count). The Morgan fingerprint density at radius 3 is 2.83 bits per heavy atom. The molecular weight excluding hydrogens is 378 g/mol. The first-order valence-electron chi connectivity index (χ1n) is 10.8. The van der Waals surface area contributed by atoms with Crippen LogP contribution in [-0.2, 0) is 11.8 Å². The molecule has 1 saturated carbocycles. The van der Waals surface area contributed by atoms with Crippen LogP contribution in [0.2, 0.25) is 0 Å². The standard InChI is InChI=1S/C24H27N3O3/c1-27-13-12-23-20-15-8-9-18(29-2)21(20)30-22(23)17(10-11-24(23,28)19(27)14-15)26-25-16-6-4-3-5-7-16/h3-9,19,22,25,28H,10-14H2,1-2H3/t19-,22+,23+,24-/m1/s1. The summed E-state index contributed by atoms with van der Waals surface area (Å²) in [5, 5.41) is 17.0. The lowest BCUT2D eigenvalue weighted by Crippen LogP contribution is -2.76. The van der Waals surface area contributed by atoms with Crippen molar-refractivity contribution in [1.82, 2.24) is 4.90 Å². The predicted octanol–water partition coefficient (Wildman–Crippen LogP) is 2.95. The average molecular weight is 405 g/mol. The van der Waals surface area contributed by atoms with Gasteiger partial charge in [0.05, 0.1) is 29.5 Å². The summed E-state index contributed by atoms with van der Waals surface area (Å²) in [5.41, 5.74) is 6.24. The molecule has 1 spiro atoms. The molecule has 0 amide bonds. The van der Waals surface area contributed by atoms with Gasteiger partial charge in [0.2, 0.25) is 0 Å². The van der Waals surface area contributed by atoms with E-state index in [9.17, 15) is 5.11 Å². The van der Waals surface area contributed by atoms with Crippen molar-refractivity contribution >= 4 is 11.4 Å². The number of nitrogens with one attached hydrogen (secondary N) is 1. The number of aliphatic hydroxyl groups is 1. The molecule has 1 saturated heterocycles. The summed E-state index contributed by atoms with van der Waals surface area (Å²) in [6.07, 6.45) is 2.80.